The number of para-hydroxylation sites is 1. The van der Waals surface area contributed by atoms with E-state index in [1.165, 1.54) is 23.9 Å². The Morgan fingerprint density at radius 2 is 1.51 bits per heavy atom. The van der Waals surface area contributed by atoms with Crippen LogP contribution in [0.25, 0.3) is 10.9 Å². The lowest BCUT2D eigenvalue weighted by molar-refractivity contribution is -0.142. The molecule has 1 heterocycles. The second-order valence-corrected chi connectivity index (χ2v) is 11.0. The van der Waals surface area contributed by atoms with Crippen LogP contribution in [-0.2, 0) is 36.8 Å². The monoisotopic (exact) mass is 612 g/mol. The molecule has 10 N–H and O–H groups in total. The highest BCUT2D eigenvalue weighted by Gasteiger charge is 2.31. The fraction of sp³-hybridized carbons (Fsp3) is 0.345. The van der Waals surface area contributed by atoms with Crippen molar-refractivity contribution in [2.24, 2.45) is 11.5 Å². The third kappa shape index (κ3) is 9.75. The van der Waals surface area contributed by atoms with Gasteiger partial charge in [0, 0.05) is 23.5 Å². The molecule has 1 aromatic heterocycles. The van der Waals surface area contributed by atoms with E-state index in [0.29, 0.717) is 11.3 Å². The number of carbonyl (C=O) groups is 5. The van der Waals surface area contributed by atoms with E-state index in [-0.39, 0.29) is 25.0 Å². The fourth-order valence-corrected chi connectivity index (χ4v) is 4.91. The van der Waals surface area contributed by atoms with Gasteiger partial charge >= 0.3 is 5.97 Å². The summed E-state index contributed by atoms with van der Waals surface area (Å²) >= 11 is 1.39. The highest BCUT2D eigenvalue weighted by Crippen LogP contribution is 2.19. The van der Waals surface area contributed by atoms with Crippen LogP contribution in [-0.4, -0.2) is 81.0 Å². The van der Waals surface area contributed by atoms with Gasteiger partial charge in [-0.2, -0.15) is 11.8 Å². The van der Waals surface area contributed by atoms with Gasteiger partial charge in [0.15, 0.2) is 0 Å². The molecule has 0 bridgehead atoms. The largest absolute Gasteiger partial charge is 0.508 e. The molecule has 0 fully saturated rings. The number of phenolic OH excluding ortho intramolecular Hbond substituents is 1. The fourth-order valence-electron chi connectivity index (χ4n) is 4.43. The van der Waals surface area contributed by atoms with Gasteiger partial charge in [0.25, 0.3) is 0 Å². The maximum Gasteiger partial charge on any atom is 0.326 e. The van der Waals surface area contributed by atoms with Crippen molar-refractivity contribution in [3.8, 4) is 5.75 Å². The number of carboxylic acid groups (broad SMARTS) is 1. The van der Waals surface area contributed by atoms with Crippen molar-refractivity contribution in [1.82, 2.24) is 20.9 Å². The van der Waals surface area contributed by atoms with Gasteiger partial charge in [-0.1, -0.05) is 30.3 Å². The minimum atomic E-state index is -1.50. The summed E-state index contributed by atoms with van der Waals surface area (Å²) in [6.07, 6.45) is 3.18. The number of carboxylic acids is 1. The average Bonchev–Trinajstić information content (AvgIpc) is 3.37. The van der Waals surface area contributed by atoms with Gasteiger partial charge in [0.05, 0.1) is 12.5 Å². The van der Waals surface area contributed by atoms with Crippen LogP contribution in [0.2, 0.25) is 0 Å². The van der Waals surface area contributed by atoms with Gasteiger partial charge in [-0.25, -0.2) is 4.79 Å². The SMILES string of the molecule is CSCCC(NC(=O)C(CC(N)=O)NC(=O)C(Cc1ccc(O)cc1)NC(=O)C(N)Cc1c[nH]c2ccccc12)C(=O)O. The summed E-state index contributed by atoms with van der Waals surface area (Å²) in [5.41, 5.74) is 13.8. The predicted octanol–water partition coefficient (Wildman–Crippen LogP) is 0.154. The first kappa shape index (κ1) is 32.9. The maximum atomic E-state index is 13.5. The number of aromatic nitrogens is 1. The zero-order valence-corrected chi connectivity index (χ0v) is 24.4. The molecule has 0 saturated heterocycles. The number of H-pyrrole nitrogens is 1. The molecule has 230 valence electrons. The normalized spacial score (nSPS) is 13.8. The Morgan fingerprint density at radius 3 is 2.16 bits per heavy atom. The number of thioether (sulfide) groups is 1. The summed E-state index contributed by atoms with van der Waals surface area (Å²) in [5.74, 6) is -4.09. The Balaban J connectivity index is 1.78. The molecule has 2 aromatic carbocycles. The van der Waals surface area contributed by atoms with E-state index in [1.54, 1.807) is 24.6 Å². The lowest BCUT2D eigenvalue weighted by atomic mass is 10.0. The summed E-state index contributed by atoms with van der Waals surface area (Å²) in [5, 5.41) is 27.4. The lowest BCUT2D eigenvalue weighted by Crippen LogP contribution is -2.58. The van der Waals surface area contributed by atoms with Crippen molar-refractivity contribution in [3.63, 3.8) is 0 Å². The van der Waals surface area contributed by atoms with E-state index < -0.39 is 60.2 Å². The number of carbonyl (C=O) groups excluding carboxylic acids is 4. The third-order valence-corrected chi connectivity index (χ3v) is 7.37. The predicted molar refractivity (Wildman–Crippen MR) is 162 cm³/mol. The third-order valence-electron chi connectivity index (χ3n) is 6.72. The molecule has 0 radical (unpaired) electrons. The summed E-state index contributed by atoms with van der Waals surface area (Å²) in [7, 11) is 0. The molecule has 14 heteroatoms. The first-order valence-corrected chi connectivity index (χ1v) is 14.9. The van der Waals surface area contributed by atoms with E-state index in [9.17, 15) is 34.2 Å². The number of aromatic amines is 1. The Morgan fingerprint density at radius 1 is 0.884 bits per heavy atom. The van der Waals surface area contributed by atoms with Crippen molar-refractivity contribution >= 4 is 52.3 Å². The Labute approximate surface area is 252 Å². The Hall–Kier alpha value is -4.56. The number of nitrogens with two attached hydrogens (primary N) is 2. The molecule has 3 rings (SSSR count). The minimum Gasteiger partial charge on any atom is -0.508 e. The van der Waals surface area contributed by atoms with Crippen LogP contribution in [0.3, 0.4) is 0 Å². The van der Waals surface area contributed by atoms with Crippen molar-refractivity contribution < 1.29 is 34.2 Å². The quantitative estimate of drug-likeness (QED) is 0.110. The summed E-state index contributed by atoms with van der Waals surface area (Å²) < 4.78 is 0. The lowest BCUT2D eigenvalue weighted by Gasteiger charge is -2.25. The summed E-state index contributed by atoms with van der Waals surface area (Å²) in [4.78, 5) is 66.2. The molecule has 13 nitrogen and oxygen atoms in total. The number of benzene rings is 2. The van der Waals surface area contributed by atoms with Crippen LogP contribution in [0.5, 0.6) is 5.75 Å². The minimum absolute atomic E-state index is 0.00203. The highest BCUT2D eigenvalue weighted by molar-refractivity contribution is 7.98. The van der Waals surface area contributed by atoms with E-state index in [2.05, 4.69) is 20.9 Å². The molecule has 0 saturated carbocycles. The van der Waals surface area contributed by atoms with Crippen molar-refractivity contribution in [3.05, 3.63) is 65.9 Å². The Bertz CT molecular complexity index is 1440. The maximum absolute atomic E-state index is 13.5. The number of aliphatic carboxylic acids is 1. The molecular weight excluding hydrogens is 576 g/mol. The molecule has 43 heavy (non-hydrogen) atoms. The number of primary amides is 1. The number of phenols is 1. The second kappa shape index (κ2) is 15.6. The first-order chi connectivity index (χ1) is 20.5. The number of amides is 4. The number of fused-ring (bicyclic) bond motifs is 1. The Kier molecular flexibility index (Phi) is 12.0. The highest BCUT2D eigenvalue weighted by atomic mass is 32.2. The molecular formula is C29H36N6O7S. The van der Waals surface area contributed by atoms with Gasteiger partial charge in [-0.3, -0.25) is 19.2 Å². The molecule has 0 spiro atoms. The van der Waals surface area contributed by atoms with Gasteiger partial charge in [-0.15, -0.1) is 0 Å². The second-order valence-electron chi connectivity index (χ2n) is 10.0. The molecule has 0 aliphatic rings. The van der Waals surface area contributed by atoms with E-state index in [0.717, 1.165) is 16.5 Å². The van der Waals surface area contributed by atoms with Gasteiger partial charge in [-0.05, 0) is 54.2 Å². The molecule has 3 aromatic rings. The smallest absolute Gasteiger partial charge is 0.326 e. The number of hydrogen-bond donors (Lipinski definition) is 8. The number of nitrogens with one attached hydrogen (secondary N) is 4. The van der Waals surface area contributed by atoms with Crippen molar-refractivity contribution in [2.45, 2.75) is 49.9 Å². The standard InChI is InChI=1S/C29H36N6O7S/c1-43-11-10-22(29(41)42)33-28(40)24(14-25(31)37)35-27(39)23(12-16-6-8-18(36)9-7-16)34-26(38)20(30)13-17-15-32-21-5-3-2-4-19(17)21/h2-9,15,20,22-24,32,36H,10-14,30H2,1H3,(H2,31,37)(H,33,40)(H,34,38)(H,35,39)(H,41,42). The zero-order chi connectivity index (χ0) is 31.5. The van der Waals surface area contributed by atoms with E-state index >= 15 is 0 Å². The van der Waals surface area contributed by atoms with Gasteiger partial charge in [0.1, 0.15) is 23.9 Å². The number of aromatic hydroxyl groups is 1. The van der Waals surface area contributed by atoms with Crippen LogP contribution in [0.4, 0.5) is 0 Å². The van der Waals surface area contributed by atoms with Crippen LogP contribution < -0.4 is 27.4 Å². The van der Waals surface area contributed by atoms with Crippen LogP contribution in [0.1, 0.15) is 24.0 Å². The average molecular weight is 613 g/mol. The van der Waals surface area contributed by atoms with Crippen LogP contribution >= 0.6 is 11.8 Å². The summed E-state index contributed by atoms with van der Waals surface area (Å²) in [6.45, 7) is 0. The summed E-state index contributed by atoms with van der Waals surface area (Å²) in [6, 6.07) is 8.44. The first-order valence-electron chi connectivity index (χ1n) is 13.5. The number of rotatable bonds is 16. The van der Waals surface area contributed by atoms with Gasteiger partial charge in [0.2, 0.25) is 23.6 Å². The van der Waals surface area contributed by atoms with E-state index in [4.69, 9.17) is 11.5 Å². The molecule has 4 amide bonds. The van der Waals surface area contributed by atoms with E-state index in [1.807, 2.05) is 24.3 Å². The van der Waals surface area contributed by atoms with Crippen molar-refractivity contribution in [1.29, 1.82) is 0 Å². The van der Waals surface area contributed by atoms with Crippen molar-refractivity contribution in [2.75, 3.05) is 12.0 Å². The van der Waals surface area contributed by atoms with Crippen LogP contribution in [0.15, 0.2) is 54.7 Å². The molecule has 4 atom stereocenters. The topological polar surface area (TPSA) is 230 Å². The van der Waals surface area contributed by atoms with Gasteiger partial charge < -0.3 is 42.6 Å². The molecule has 0 aliphatic carbocycles. The molecule has 4 unspecified atom stereocenters. The molecule has 0 aliphatic heterocycles. The zero-order valence-electron chi connectivity index (χ0n) is 23.5. The number of hydrogen-bond acceptors (Lipinski definition) is 8. The van der Waals surface area contributed by atoms with Crippen LogP contribution in [0, 0.1) is 0 Å².